The van der Waals surface area contributed by atoms with Gasteiger partial charge in [0.05, 0.1) is 0 Å². The minimum Gasteiger partial charge on any atom is -0.299 e. The predicted molar refractivity (Wildman–Crippen MR) is 97.1 cm³/mol. The number of hydrogen-bond acceptors (Lipinski definition) is 2. The maximum Gasteiger partial charge on any atom is 0.140 e. The van der Waals surface area contributed by atoms with E-state index < -0.39 is 0 Å². The van der Waals surface area contributed by atoms with E-state index in [1.807, 2.05) is 6.07 Å². The first-order valence-corrected chi connectivity index (χ1v) is 9.78. The number of aryl methyl sites for hydroxylation is 1. The lowest BCUT2D eigenvalue weighted by atomic mass is 9.78. The number of Topliss-reactive ketones (excluding diaryl/α,β-unsaturated/α-hetero) is 2. The van der Waals surface area contributed by atoms with Gasteiger partial charge < -0.3 is 0 Å². The highest BCUT2D eigenvalue weighted by Crippen LogP contribution is 2.34. The Hall–Kier alpha value is -1.44. The van der Waals surface area contributed by atoms with Crippen molar-refractivity contribution >= 4 is 11.6 Å². The minimum atomic E-state index is 0.0692. The molecular formula is C22H30O2. The third-order valence-corrected chi connectivity index (χ3v) is 6.00. The molecule has 2 heteroatoms. The topological polar surface area (TPSA) is 34.1 Å². The van der Waals surface area contributed by atoms with Crippen LogP contribution in [0.4, 0.5) is 0 Å². The van der Waals surface area contributed by atoms with E-state index in [1.54, 1.807) is 0 Å². The molecule has 1 fully saturated rings. The lowest BCUT2D eigenvalue weighted by molar-refractivity contribution is -0.124. The Morgan fingerprint density at radius 2 is 1.79 bits per heavy atom. The molecule has 0 aromatic heterocycles. The van der Waals surface area contributed by atoms with Crippen molar-refractivity contribution in [3.63, 3.8) is 0 Å². The second-order valence-corrected chi connectivity index (χ2v) is 7.90. The van der Waals surface area contributed by atoms with Gasteiger partial charge in [-0.25, -0.2) is 0 Å². The van der Waals surface area contributed by atoms with Crippen LogP contribution in [-0.4, -0.2) is 11.6 Å². The predicted octanol–water partition coefficient (Wildman–Crippen LogP) is 5.24. The summed E-state index contributed by atoms with van der Waals surface area (Å²) in [5, 5.41) is 0. The van der Waals surface area contributed by atoms with Crippen LogP contribution in [0.3, 0.4) is 0 Å². The smallest absolute Gasteiger partial charge is 0.140 e. The molecule has 2 aliphatic rings. The lowest BCUT2D eigenvalue weighted by Gasteiger charge is -2.26. The Morgan fingerprint density at radius 1 is 1.00 bits per heavy atom. The van der Waals surface area contributed by atoms with E-state index in [-0.39, 0.29) is 11.8 Å². The van der Waals surface area contributed by atoms with Crippen LogP contribution in [-0.2, 0) is 16.0 Å². The molecule has 0 aliphatic heterocycles. The van der Waals surface area contributed by atoms with Gasteiger partial charge in [-0.3, -0.25) is 9.59 Å². The van der Waals surface area contributed by atoms with Gasteiger partial charge in [0.25, 0.3) is 0 Å². The van der Waals surface area contributed by atoms with Crippen LogP contribution in [0.2, 0.25) is 0 Å². The summed E-state index contributed by atoms with van der Waals surface area (Å²) in [5.41, 5.74) is 2.58. The van der Waals surface area contributed by atoms with Crippen molar-refractivity contribution in [3.05, 3.63) is 35.4 Å². The standard InChI is InChI=1S/C22H30O2/c1-16-7-4-10-18(15-16)21(23)13-6-14-22(24)20-12-5-9-17-8-2-3-11-19(17)20/h2-3,8,11,16,18,20H,4-7,9-10,12-15H2,1H3. The summed E-state index contributed by atoms with van der Waals surface area (Å²) in [6.45, 7) is 2.25. The summed E-state index contributed by atoms with van der Waals surface area (Å²) in [6.07, 6.45) is 9.65. The van der Waals surface area contributed by atoms with Crippen molar-refractivity contribution in [3.8, 4) is 0 Å². The van der Waals surface area contributed by atoms with Gasteiger partial charge in [0.15, 0.2) is 0 Å². The van der Waals surface area contributed by atoms with Gasteiger partial charge in [-0.1, -0.05) is 44.0 Å². The normalized spacial score (nSPS) is 26.6. The fraction of sp³-hybridized carbons (Fsp3) is 0.636. The summed E-state index contributed by atoms with van der Waals surface area (Å²) < 4.78 is 0. The average Bonchev–Trinajstić information content (AvgIpc) is 2.61. The Bertz CT molecular complexity index is 589. The number of ketones is 2. The zero-order valence-electron chi connectivity index (χ0n) is 14.9. The minimum absolute atomic E-state index is 0.0692. The van der Waals surface area contributed by atoms with E-state index in [9.17, 15) is 9.59 Å². The van der Waals surface area contributed by atoms with Gasteiger partial charge >= 0.3 is 0 Å². The second-order valence-electron chi connectivity index (χ2n) is 7.90. The number of benzene rings is 1. The number of carbonyl (C=O) groups is 2. The van der Waals surface area contributed by atoms with Crippen molar-refractivity contribution in [2.75, 3.05) is 0 Å². The third-order valence-electron chi connectivity index (χ3n) is 6.00. The van der Waals surface area contributed by atoms with Crippen molar-refractivity contribution in [2.45, 2.75) is 77.0 Å². The summed E-state index contributed by atoms with van der Waals surface area (Å²) in [7, 11) is 0. The second kappa shape index (κ2) is 8.09. The molecule has 3 atom stereocenters. The van der Waals surface area contributed by atoms with E-state index in [4.69, 9.17) is 0 Å². The zero-order chi connectivity index (χ0) is 16.9. The molecule has 1 saturated carbocycles. The van der Waals surface area contributed by atoms with Crippen LogP contribution in [0.1, 0.15) is 81.8 Å². The highest BCUT2D eigenvalue weighted by molar-refractivity contribution is 5.87. The van der Waals surface area contributed by atoms with Gasteiger partial charge in [-0.05, 0) is 55.6 Å². The number of rotatable bonds is 6. The number of fused-ring (bicyclic) bond motifs is 1. The Kier molecular flexibility index (Phi) is 5.86. The summed E-state index contributed by atoms with van der Waals surface area (Å²) in [4.78, 5) is 25.0. The zero-order valence-corrected chi connectivity index (χ0v) is 14.9. The van der Waals surface area contributed by atoms with E-state index in [1.165, 1.54) is 24.0 Å². The molecule has 130 valence electrons. The van der Waals surface area contributed by atoms with Gasteiger partial charge in [-0.15, -0.1) is 0 Å². The Morgan fingerprint density at radius 3 is 2.62 bits per heavy atom. The van der Waals surface area contributed by atoms with Gasteiger partial charge in [0.2, 0.25) is 0 Å². The molecule has 0 radical (unpaired) electrons. The van der Waals surface area contributed by atoms with Gasteiger partial charge in [0, 0.05) is 24.7 Å². The van der Waals surface area contributed by atoms with Crippen LogP contribution in [0.15, 0.2) is 24.3 Å². The molecule has 2 nitrogen and oxygen atoms in total. The molecule has 0 saturated heterocycles. The van der Waals surface area contributed by atoms with Crippen LogP contribution < -0.4 is 0 Å². The molecule has 24 heavy (non-hydrogen) atoms. The molecule has 2 aliphatic carbocycles. The molecule has 0 spiro atoms. The van der Waals surface area contributed by atoms with Crippen LogP contribution in [0, 0.1) is 11.8 Å². The fourth-order valence-electron chi connectivity index (χ4n) is 4.63. The van der Waals surface area contributed by atoms with Crippen LogP contribution in [0.25, 0.3) is 0 Å². The molecule has 0 heterocycles. The lowest BCUT2D eigenvalue weighted by Crippen LogP contribution is -2.22. The Balaban J connectivity index is 1.49. The molecule has 0 amide bonds. The van der Waals surface area contributed by atoms with Crippen LogP contribution in [0.5, 0.6) is 0 Å². The largest absolute Gasteiger partial charge is 0.299 e. The maximum atomic E-state index is 12.7. The summed E-state index contributed by atoms with van der Waals surface area (Å²) in [6, 6.07) is 8.38. The third kappa shape index (κ3) is 4.15. The maximum absolute atomic E-state index is 12.7. The summed E-state index contributed by atoms with van der Waals surface area (Å²) in [5.74, 6) is 1.76. The van der Waals surface area contributed by atoms with Gasteiger partial charge in [0.1, 0.15) is 11.6 Å². The van der Waals surface area contributed by atoms with Crippen molar-refractivity contribution in [1.29, 1.82) is 0 Å². The van der Waals surface area contributed by atoms with E-state index >= 15 is 0 Å². The van der Waals surface area contributed by atoms with Crippen molar-refractivity contribution in [1.82, 2.24) is 0 Å². The first kappa shape index (κ1) is 17.4. The first-order valence-electron chi connectivity index (χ1n) is 9.78. The Labute approximate surface area is 146 Å². The SMILES string of the molecule is CC1CCCC(C(=O)CCCC(=O)C2CCCc3ccccc32)C1. The van der Waals surface area contributed by atoms with E-state index in [0.29, 0.717) is 30.3 Å². The first-order chi connectivity index (χ1) is 11.6. The fourth-order valence-corrected chi connectivity index (χ4v) is 4.63. The number of carbonyl (C=O) groups excluding carboxylic acids is 2. The monoisotopic (exact) mass is 326 g/mol. The van der Waals surface area contributed by atoms with Crippen molar-refractivity contribution in [2.24, 2.45) is 11.8 Å². The highest BCUT2D eigenvalue weighted by Gasteiger charge is 2.27. The number of hydrogen-bond donors (Lipinski definition) is 0. The van der Waals surface area contributed by atoms with Crippen molar-refractivity contribution < 1.29 is 9.59 Å². The molecule has 3 unspecified atom stereocenters. The van der Waals surface area contributed by atoms with E-state index in [2.05, 4.69) is 25.1 Å². The molecule has 0 bridgehead atoms. The summed E-state index contributed by atoms with van der Waals surface area (Å²) >= 11 is 0. The molecular weight excluding hydrogens is 296 g/mol. The molecule has 1 aromatic carbocycles. The molecule has 1 aromatic rings. The highest BCUT2D eigenvalue weighted by atomic mass is 16.1. The molecule has 0 N–H and O–H groups in total. The average molecular weight is 326 g/mol. The molecule has 3 rings (SSSR count). The van der Waals surface area contributed by atoms with E-state index in [0.717, 1.165) is 38.5 Å². The quantitative estimate of drug-likeness (QED) is 0.716. The van der Waals surface area contributed by atoms with Crippen LogP contribution >= 0.6 is 0 Å². The van der Waals surface area contributed by atoms with Gasteiger partial charge in [-0.2, -0.15) is 0 Å².